The molecule has 6 aromatic rings. The summed E-state index contributed by atoms with van der Waals surface area (Å²) in [5.74, 6) is -1.94. The fourth-order valence-corrected chi connectivity index (χ4v) is 11.1. The summed E-state index contributed by atoms with van der Waals surface area (Å²) in [7, 11) is -5.04. The topological polar surface area (TPSA) is 117 Å². The van der Waals surface area contributed by atoms with Crippen LogP contribution in [0.15, 0.2) is 146 Å². The van der Waals surface area contributed by atoms with Gasteiger partial charge in [0.05, 0.1) is 17.2 Å². The molecule has 9 rings (SSSR count). The van der Waals surface area contributed by atoms with Gasteiger partial charge in [-0.1, -0.05) is 177 Å². The summed E-state index contributed by atoms with van der Waals surface area (Å²) < 4.78 is 60.9. The van der Waals surface area contributed by atoms with Crippen LogP contribution in [0.4, 0.5) is 0 Å². The zero-order valence-corrected chi connectivity index (χ0v) is 46.9. The Morgan fingerprint density at radius 3 is 1.24 bits per heavy atom. The van der Waals surface area contributed by atoms with Crippen molar-refractivity contribution in [3.63, 3.8) is 0 Å². The first-order chi connectivity index (χ1) is 34.9. The van der Waals surface area contributed by atoms with E-state index in [1.54, 1.807) is 24.3 Å². The normalized spacial score (nSPS) is 20.9. The van der Waals surface area contributed by atoms with Gasteiger partial charge in [-0.3, -0.25) is 0 Å². The minimum Gasteiger partial charge on any atom is -0.541 e. The Bertz CT molecular complexity index is 2910. The zero-order chi connectivity index (χ0) is 53.0. The fraction of sp³-hybridized carbons (Fsp3) is 0.377. The van der Waals surface area contributed by atoms with Crippen molar-refractivity contribution in [2.45, 2.75) is 128 Å². The fourth-order valence-electron chi connectivity index (χ4n) is 9.12. The molecular formula is C61H70O11Si2. The summed E-state index contributed by atoms with van der Waals surface area (Å²) in [6.07, 6.45) is -1.86. The van der Waals surface area contributed by atoms with Crippen LogP contribution in [0.5, 0.6) is 34.5 Å². The Kier molecular flexibility index (Phi) is 13.9. The summed E-state index contributed by atoms with van der Waals surface area (Å²) >= 11 is 0. The van der Waals surface area contributed by atoms with Crippen molar-refractivity contribution in [3.8, 4) is 34.5 Å². The molecule has 388 valence electrons. The summed E-state index contributed by atoms with van der Waals surface area (Å²) in [5.41, 5.74) is 3.49. The lowest BCUT2D eigenvalue weighted by Gasteiger charge is -2.43. The number of hydrogen-bond acceptors (Lipinski definition) is 11. The van der Waals surface area contributed by atoms with Gasteiger partial charge in [-0.05, 0) is 73.4 Å². The van der Waals surface area contributed by atoms with E-state index in [1.807, 2.05) is 135 Å². The van der Waals surface area contributed by atoms with Crippen LogP contribution in [0, 0.1) is 11.8 Å². The van der Waals surface area contributed by atoms with Crippen molar-refractivity contribution < 1.29 is 51.6 Å². The van der Waals surface area contributed by atoms with Gasteiger partial charge in [-0.15, -0.1) is 0 Å². The number of ether oxygens (including phenoxy) is 7. The van der Waals surface area contributed by atoms with Crippen LogP contribution in [0.1, 0.15) is 105 Å². The van der Waals surface area contributed by atoms with E-state index in [4.69, 9.17) is 42.0 Å². The number of carbonyl (C=O) groups is 2. The number of fused-ring (bicyclic) bond motifs is 2. The molecule has 74 heavy (non-hydrogen) atoms. The quantitative estimate of drug-likeness (QED) is 0.0813. The molecule has 0 saturated carbocycles. The highest BCUT2D eigenvalue weighted by Crippen LogP contribution is 2.56. The third-order valence-corrected chi connectivity index (χ3v) is 24.6. The average molecular weight is 1040 g/mol. The van der Waals surface area contributed by atoms with Gasteiger partial charge in [-0.2, -0.15) is 0 Å². The third-order valence-electron chi connectivity index (χ3n) is 15.9. The van der Waals surface area contributed by atoms with Crippen molar-refractivity contribution in [2.75, 3.05) is 6.61 Å². The summed E-state index contributed by atoms with van der Waals surface area (Å²) in [6.45, 7) is 27.4. The van der Waals surface area contributed by atoms with E-state index in [-0.39, 0.29) is 45.8 Å². The summed E-state index contributed by atoms with van der Waals surface area (Å²) in [5, 5.41) is -0.372. The van der Waals surface area contributed by atoms with Gasteiger partial charge in [0.15, 0.2) is 23.0 Å². The van der Waals surface area contributed by atoms with Crippen LogP contribution in [0.2, 0.25) is 36.3 Å². The zero-order valence-electron chi connectivity index (χ0n) is 44.9. The predicted octanol–water partition coefficient (Wildman–Crippen LogP) is 14.2. The van der Waals surface area contributed by atoms with Crippen molar-refractivity contribution >= 4 is 28.6 Å². The molecule has 6 aromatic carbocycles. The summed E-state index contributed by atoms with van der Waals surface area (Å²) in [6, 6.07) is 45.6. The molecule has 13 heteroatoms. The highest BCUT2D eigenvalue weighted by atomic mass is 28.4. The number of rotatable bonds is 13. The number of hydrogen-bond donors (Lipinski definition) is 0. The Morgan fingerprint density at radius 2 is 0.878 bits per heavy atom. The maximum Gasteiger partial charge on any atom is 0.338 e. The first kappa shape index (κ1) is 52.3. The van der Waals surface area contributed by atoms with Crippen molar-refractivity contribution in [1.29, 1.82) is 0 Å². The highest BCUT2D eigenvalue weighted by molar-refractivity contribution is 6.75. The molecule has 5 unspecified atom stereocenters. The molecule has 3 aliphatic rings. The highest BCUT2D eigenvalue weighted by Gasteiger charge is 2.51. The molecule has 11 nitrogen and oxygen atoms in total. The van der Waals surface area contributed by atoms with Crippen molar-refractivity contribution in [1.82, 2.24) is 0 Å². The maximum atomic E-state index is 14.8. The first-order valence-electron chi connectivity index (χ1n) is 25.7. The molecule has 0 bridgehead atoms. The lowest BCUT2D eigenvalue weighted by Crippen LogP contribution is -2.52. The van der Waals surface area contributed by atoms with Crippen LogP contribution in [0.3, 0.4) is 0 Å². The second-order valence-electron chi connectivity index (χ2n) is 23.0. The standard InChI is InChI=1S/C61H70O11Si2/c1-39-40(2)53(66-57(63)43-35-49-55(51(37-43)72-74(12,13)59(7,8)9)70-61(68-49,46-30-22-16-23-31-46)47-32-24-17-25-33-47)52(65-41(39)3)38-64-56(62)42-34-48-54(50(36-42)71-73(10,11)58(4,5)6)69-60(67-48,44-26-18-14-19-27-44)45-28-20-15-21-29-45/h14-37,39-41,52-53H,38H2,1-13H3. The van der Waals surface area contributed by atoms with E-state index in [0.717, 1.165) is 22.3 Å². The van der Waals surface area contributed by atoms with E-state index in [0.29, 0.717) is 34.5 Å². The average Bonchev–Trinajstić information content (AvgIpc) is 3.98. The second kappa shape index (κ2) is 19.6. The second-order valence-corrected chi connectivity index (χ2v) is 32.4. The van der Waals surface area contributed by atoms with Gasteiger partial charge in [0, 0.05) is 28.2 Å². The first-order valence-corrected chi connectivity index (χ1v) is 31.5. The molecule has 3 heterocycles. The molecule has 0 radical (unpaired) electrons. The lowest BCUT2D eigenvalue weighted by atomic mass is 9.82. The number of esters is 2. The van der Waals surface area contributed by atoms with Crippen molar-refractivity contribution in [2.24, 2.45) is 11.8 Å². The van der Waals surface area contributed by atoms with E-state index in [9.17, 15) is 9.59 Å². The molecule has 1 fully saturated rings. The van der Waals surface area contributed by atoms with Gasteiger partial charge in [0.2, 0.25) is 11.5 Å². The van der Waals surface area contributed by atoms with Crippen LogP contribution >= 0.6 is 0 Å². The predicted molar refractivity (Wildman–Crippen MR) is 291 cm³/mol. The van der Waals surface area contributed by atoms with Crippen LogP contribution < -0.4 is 27.8 Å². The minimum absolute atomic E-state index is 0.00949. The molecule has 0 amide bonds. The molecule has 3 aliphatic heterocycles. The van der Waals surface area contributed by atoms with Gasteiger partial charge >= 0.3 is 23.5 Å². The molecule has 5 atom stereocenters. The maximum absolute atomic E-state index is 14.8. The molecule has 1 saturated heterocycles. The molecule has 0 N–H and O–H groups in total. The monoisotopic (exact) mass is 1030 g/mol. The van der Waals surface area contributed by atoms with Crippen LogP contribution in [-0.4, -0.2) is 53.5 Å². The van der Waals surface area contributed by atoms with E-state index >= 15 is 0 Å². The van der Waals surface area contributed by atoms with Gasteiger partial charge in [0.25, 0.3) is 16.6 Å². The van der Waals surface area contributed by atoms with Gasteiger partial charge in [0.1, 0.15) is 18.8 Å². The van der Waals surface area contributed by atoms with E-state index in [1.165, 1.54) is 0 Å². The Balaban J connectivity index is 1.02. The van der Waals surface area contributed by atoms with Gasteiger partial charge in [-0.25, -0.2) is 9.59 Å². The SMILES string of the molecule is CC1OC(COC(=O)c2cc3c(c(O[Si](C)(C)C(C)(C)C)c2)OC(c2ccccc2)(c2ccccc2)O3)C(OC(=O)c2cc3c(c(O[Si](C)(C)C(C)(C)C)c2)OC(c2ccccc2)(c2ccccc2)O3)C(C)C1C. The van der Waals surface area contributed by atoms with E-state index < -0.39 is 52.4 Å². The smallest absolute Gasteiger partial charge is 0.338 e. The molecule has 0 aromatic heterocycles. The van der Waals surface area contributed by atoms with Crippen LogP contribution in [-0.2, 0) is 25.8 Å². The Hall–Kier alpha value is -6.55. The molecule has 0 aliphatic carbocycles. The molecular weight excluding hydrogens is 965 g/mol. The lowest BCUT2D eigenvalue weighted by molar-refractivity contribution is -0.176. The Morgan fingerprint density at radius 1 is 0.514 bits per heavy atom. The number of benzene rings is 6. The van der Waals surface area contributed by atoms with Gasteiger partial charge < -0.3 is 42.0 Å². The van der Waals surface area contributed by atoms with E-state index in [2.05, 4.69) is 74.7 Å². The third kappa shape index (κ3) is 9.81. The molecule has 0 spiro atoms. The minimum atomic E-state index is -2.53. The largest absolute Gasteiger partial charge is 0.541 e. The summed E-state index contributed by atoms with van der Waals surface area (Å²) in [4.78, 5) is 29.3. The van der Waals surface area contributed by atoms with Crippen LogP contribution in [0.25, 0.3) is 0 Å². The Labute approximate surface area is 438 Å². The van der Waals surface area contributed by atoms with Crippen molar-refractivity contribution in [3.05, 3.63) is 179 Å². The number of carbonyl (C=O) groups excluding carboxylic acids is 2.